The fraction of sp³-hybridized carbons (Fsp3) is 0.636. The van der Waals surface area contributed by atoms with Crippen molar-refractivity contribution in [2.45, 2.75) is 59.4 Å². The molecule has 1 aliphatic heterocycles. The first kappa shape index (κ1) is 23.2. The number of hydrogen-bond donors (Lipinski definition) is 1. The van der Waals surface area contributed by atoms with E-state index in [1.54, 1.807) is 0 Å². The van der Waals surface area contributed by atoms with Crippen molar-refractivity contribution in [3.05, 3.63) is 35.9 Å². The van der Waals surface area contributed by atoms with E-state index in [-0.39, 0.29) is 35.4 Å². The number of carboxylic acid groups (broad SMARTS) is 1. The number of carboxylic acids is 1. The Morgan fingerprint density at radius 1 is 1.29 bits per heavy atom. The zero-order valence-corrected chi connectivity index (χ0v) is 20.2. The summed E-state index contributed by atoms with van der Waals surface area (Å²) >= 11 is 5.84. The third kappa shape index (κ3) is 4.73. The second-order valence-corrected chi connectivity index (χ2v) is 12.2. The lowest BCUT2D eigenvalue weighted by atomic mass is 9.61. The van der Waals surface area contributed by atoms with E-state index in [0.717, 1.165) is 17.0 Å². The summed E-state index contributed by atoms with van der Waals surface area (Å²) in [4.78, 5) is 14.4. The van der Waals surface area contributed by atoms with Crippen LogP contribution in [-0.4, -0.2) is 54.6 Å². The van der Waals surface area contributed by atoms with Gasteiger partial charge in [-0.3, -0.25) is 9.69 Å². The first-order valence-electron chi connectivity index (χ1n) is 10.1. The summed E-state index contributed by atoms with van der Waals surface area (Å²) in [6.45, 7) is 16.2. The molecule has 1 aliphatic rings. The van der Waals surface area contributed by atoms with Crippen LogP contribution >= 0.6 is 12.2 Å². The molecule has 1 aromatic rings. The number of benzene rings is 1. The number of nitrogens with zero attached hydrogens (tertiary/aromatic N) is 1. The summed E-state index contributed by atoms with van der Waals surface area (Å²) in [5.74, 6) is -0.495. The van der Waals surface area contributed by atoms with Crippen LogP contribution in [0.1, 0.15) is 40.2 Å². The molecule has 28 heavy (non-hydrogen) atoms. The van der Waals surface area contributed by atoms with Gasteiger partial charge in [0.1, 0.15) is 0 Å². The number of thiocarbonyl (C=S) groups is 1. The molecule has 1 aromatic carbocycles. The molecule has 1 N–H and O–H groups in total. The molecule has 2 rings (SSSR count). The standard InChI is InChI=1S/C22H35NO3SSi/c1-15(20(27)16-11-9-8-10-12-16)19-17(13-23(19)14-18(24)25)22(5,21(2,3)4)26-28(6)7/h8-12,15,17,19,28H,13-14H2,1-7H3,(H,24,25)/t15-,17-,19+,22+/m0/s1. The van der Waals surface area contributed by atoms with Crippen LogP contribution in [0.3, 0.4) is 0 Å². The molecule has 0 spiro atoms. The van der Waals surface area contributed by atoms with Crippen LogP contribution in [0.5, 0.6) is 0 Å². The van der Waals surface area contributed by atoms with Crippen molar-refractivity contribution in [3.8, 4) is 0 Å². The maximum atomic E-state index is 11.4. The van der Waals surface area contributed by atoms with E-state index in [0.29, 0.717) is 0 Å². The Balaban J connectivity index is 2.38. The topological polar surface area (TPSA) is 49.8 Å². The number of carbonyl (C=O) groups is 1. The highest BCUT2D eigenvalue weighted by Crippen LogP contribution is 2.49. The fourth-order valence-electron chi connectivity index (χ4n) is 4.44. The molecule has 0 bridgehead atoms. The lowest BCUT2D eigenvalue weighted by molar-refractivity contribution is -0.168. The molecule has 156 valence electrons. The van der Waals surface area contributed by atoms with Crippen molar-refractivity contribution in [2.24, 2.45) is 17.3 Å². The average Bonchev–Trinajstić information content (AvgIpc) is 2.56. The van der Waals surface area contributed by atoms with Crippen LogP contribution in [0.25, 0.3) is 0 Å². The van der Waals surface area contributed by atoms with E-state index in [4.69, 9.17) is 16.6 Å². The Labute approximate surface area is 177 Å². The van der Waals surface area contributed by atoms with Crippen molar-refractivity contribution in [1.29, 1.82) is 0 Å². The lowest BCUT2D eigenvalue weighted by Gasteiger charge is -2.61. The first-order chi connectivity index (χ1) is 12.9. The van der Waals surface area contributed by atoms with E-state index in [9.17, 15) is 9.90 Å². The number of aliphatic carboxylic acids is 1. The molecule has 0 aromatic heterocycles. The van der Waals surface area contributed by atoms with E-state index in [1.807, 2.05) is 30.3 Å². The van der Waals surface area contributed by atoms with Crippen LogP contribution in [0, 0.1) is 17.3 Å². The van der Waals surface area contributed by atoms with Crippen molar-refractivity contribution < 1.29 is 14.3 Å². The predicted octanol–water partition coefficient (Wildman–Crippen LogP) is 4.23. The van der Waals surface area contributed by atoms with E-state index in [2.05, 4.69) is 52.6 Å². The molecule has 0 aliphatic carbocycles. The highest BCUT2D eigenvalue weighted by molar-refractivity contribution is 7.80. The van der Waals surface area contributed by atoms with Gasteiger partial charge in [0.05, 0.1) is 12.1 Å². The van der Waals surface area contributed by atoms with Gasteiger partial charge in [-0.05, 0) is 31.0 Å². The van der Waals surface area contributed by atoms with Crippen molar-refractivity contribution in [1.82, 2.24) is 4.90 Å². The first-order valence-corrected chi connectivity index (χ1v) is 13.3. The molecule has 0 unspecified atom stereocenters. The van der Waals surface area contributed by atoms with Gasteiger partial charge in [0.2, 0.25) is 0 Å². The monoisotopic (exact) mass is 421 g/mol. The maximum absolute atomic E-state index is 11.4. The summed E-state index contributed by atoms with van der Waals surface area (Å²) in [6, 6.07) is 10.1. The van der Waals surface area contributed by atoms with Crippen LogP contribution in [0.15, 0.2) is 30.3 Å². The minimum absolute atomic E-state index is 0.0439. The molecule has 6 heteroatoms. The van der Waals surface area contributed by atoms with Crippen molar-refractivity contribution >= 4 is 32.1 Å². The third-order valence-electron chi connectivity index (χ3n) is 6.26. The molecule has 4 atom stereocenters. The van der Waals surface area contributed by atoms with Gasteiger partial charge in [0, 0.05) is 29.3 Å². The van der Waals surface area contributed by atoms with Gasteiger partial charge >= 0.3 is 5.97 Å². The highest BCUT2D eigenvalue weighted by Gasteiger charge is 2.57. The van der Waals surface area contributed by atoms with E-state index >= 15 is 0 Å². The van der Waals surface area contributed by atoms with Gasteiger partial charge < -0.3 is 9.53 Å². The Morgan fingerprint density at radius 3 is 2.32 bits per heavy atom. The zero-order valence-electron chi connectivity index (χ0n) is 18.2. The second kappa shape index (κ2) is 8.74. The minimum atomic E-state index is -1.29. The van der Waals surface area contributed by atoms with Gasteiger partial charge in [-0.15, -0.1) is 0 Å². The molecule has 0 saturated carbocycles. The van der Waals surface area contributed by atoms with Crippen molar-refractivity contribution in [2.75, 3.05) is 13.1 Å². The summed E-state index contributed by atoms with van der Waals surface area (Å²) < 4.78 is 6.65. The summed E-state index contributed by atoms with van der Waals surface area (Å²) in [5.41, 5.74) is 0.659. The second-order valence-electron chi connectivity index (χ2n) is 9.46. The SMILES string of the molecule is C[C@H](C(=S)c1ccccc1)[C@@H]1[C@@H]([C@@](C)(O[SiH](C)C)C(C)(C)C)CN1CC(=O)O. The van der Waals surface area contributed by atoms with E-state index in [1.165, 1.54) is 0 Å². The Morgan fingerprint density at radius 2 is 1.86 bits per heavy atom. The maximum Gasteiger partial charge on any atom is 0.317 e. The Hall–Kier alpha value is -1.08. The molecule has 0 radical (unpaired) electrons. The molecule has 1 fully saturated rings. The number of rotatable bonds is 8. The Bertz CT molecular complexity index is 703. The average molecular weight is 422 g/mol. The molecule has 4 nitrogen and oxygen atoms in total. The number of hydrogen-bond acceptors (Lipinski definition) is 4. The van der Waals surface area contributed by atoms with Crippen LogP contribution in [0.2, 0.25) is 13.1 Å². The molecule has 0 amide bonds. The minimum Gasteiger partial charge on any atom is -0.480 e. The lowest BCUT2D eigenvalue weighted by Crippen LogP contribution is -2.71. The highest BCUT2D eigenvalue weighted by atomic mass is 32.1. The van der Waals surface area contributed by atoms with Gasteiger partial charge in [0.25, 0.3) is 0 Å². The summed E-state index contributed by atoms with van der Waals surface area (Å²) in [5, 5.41) is 9.40. The third-order valence-corrected chi connectivity index (χ3v) is 7.83. The van der Waals surface area contributed by atoms with Crippen molar-refractivity contribution in [3.63, 3.8) is 0 Å². The summed E-state index contributed by atoms with van der Waals surface area (Å²) in [7, 11) is -1.29. The van der Waals surface area contributed by atoms with Gasteiger partial charge in [0.15, 0.2) is 9.04 Å². The van der Waals surface area contributed by atoms with Crippen LogP contribution in [0.4, 0.5) is 0 Å². The van der Waals surface area contributed by atoms with E-state index < -0.39 is 15.0 Å². The quantitative estimate of drug-likeness (QED) is 0.387. The molecular formula is C22H35NO3SSi. The van der Waals surface area contributed by atoms with Gasteiger partial charge in [-0.2, -0.15) is 0 Å². The largest absolute Gasteiger partial charge is 0.480 e. The predicted molar refractivity (Wildman–Crippen MR) is 122 cm³/mol. The molecule has 1 heterocycles. The molecule has 1 saturated heterocycles. The van der Waals surface area contributed by atoms with Crippen LogP contribution < -0.4 is 0 Å². The summed E-state index contributed by atoms with van der Waals surface area (Å²) in [6.07, 6.45) is 0. The zero-order chi connectivity index (χ0) is 21.3. The fourth-order valence-corrected chi connectivity index (χ4v) is 6.22. The normalized spacial score (nSPS) is 23.7. The smallest absolute Gasteiger partial charge is 0.317 e. The molecular weight excluding hydrogens is 386 g/mol. The Kier molecular flexibility index (Phi) is 7.24. The van der Waals surface area contributed by atoms with Crippen LogP contribution in [-0.2, 0) is 9.22 Å². The number of likely N-dealkylation sites (tertiary alicyclic amines) is 1. The van der Waals surface area contributed by atoms with Gasteiger partial charge in [-0.25, -0.2) is 0 Å². The van der Waals surface area contributed by atoms with Gasteiger partial charge in [-0.1, -0.05) is 70.2 Å².